The van der Waals surface area contributed by atoms with Crippen LogP contribution in [0.25, 0.3) is 10.2 Å². The van der Waals surface area contributed by atoms with Gasteiger partial charge in [-0.25, -0.2) is 18.6 Å². The van der Waals surface area contributed by atoms with Crippen molar-refractivity contribution in [2.24, 2.45) is 5.92 Å². The molecule has 2 aromatic carbocycles. The number of carbonyl (C=O) groups is 3. The smallest absolute Gasteiger partial charge is 0.332 e. The molecule has 0 bridgehead atoms. The van der Waals surface area contributed by atoms with Crippen LogP contribution in [0, 0.1) is 17.6 Å². The second-order valence-corrected chi connectivity index (χ2v) is 12.6. The summed E-state index contributed by atoms with van der Waals surface area (Å²) in [7, 11) is 1.29. The third kappa shape index (κ3) is 6.26. The van der Waals surface area contributed by atoms with E-state index in [1.807, 2.05) is 36.4 Å². The number of nitrogens with zero attached hydrogens (tertiary/aromatic N) is 2. The van der Waals surface area contributed by atoms with Crippen LogP contribution in [0.5, 0.6) is 5.19 Å². The summed E-state index contributed by atoms with van der Waals surface area (Å²) in [6.07, 6.45) is 7.54. The number of rotatable bonds is 5. The first kappa shape index (κ1) is 30.0. The average Bonchev–Trinajstić information content (AvgIpc) is 3.31. The fourth-order valence-electron chi connectivity index (χ4n) is 6.20. The van der Waals surface area contributed by atoms with Crippen LogP contribution in [0.2, 0.25) is 0 Å². The van der Waals surface area contributed by atoms with E-state index in [0.717, 1.165) is 47.7 Å². The van der Waals surface area contributed by atoms with Crippen molar-refractivity contribution in [3.8, 4) is 5.19 Å². The standard InChI is InChI=1S/C32H34F2N4O5S/c1-42-30(41)32-17-19(32)9-5-3-2-4-6-11-25(35-22-14-20(33)13-21(34)15-22)29(40)38-18-23(16-26(38)28(39)37-32)43-31-36-24-10-7-8-12-27(24)44-31/h5,7-10,12-15,19,23,25-26,35H,2-4,6,11,16-18H2,1H3,(H,37,39)/t19-,23-,25+,26+,32-/m1/s1. The largest absolute Gasteiger partial charge is 0.467 e. The Labute approximate surface area is 257 Å². The fourth-order valence-corrected chi connectivity index (χ4v) is 7.08. The van der Waals surface area contributed by atoms with Gasteiger partial charge >= 0.3 is 5.97 Å². The molecule has 1 saturated carbocycles. The zero-order valence-electron chi connectivity index (χ0n) is 24.3. The van der Waals surface area contributed by atoms with Gasteiger partial charge in [0, 0.05) is 24.1 Å². The Balaban J connectivity index is 1.30. The van der Waals surface area contributed by atoms with Crippen LogP contribution in [0.15, 0.2) is 54.6 Å². The molecule has 44 heavy (non-hydrogen) atoms. The van der Waals surface area contributed by atoms with Crippen molar-refractivity contribution < 1.29 is 32.6 Å². The molecule has 6 rings (SSSR count). The van der Waals surface area contributed by atoms with Gasteiger partial charge in [-0.15, -0.1) is 0 Å². The van der Waals surface area contributed by atoms with E-state index in [4.69, 9.17) is 9.47 Å². The van der Waals surface area contributed by atoms with Crippen molar-refractivity contribution in [2.45, 2.75) is 68.7 Å². The van der Waals surface area contributed by atoms with Crippen molar-refractivity contribution in [1.82, 2.24) is 15.2 Å². The lowest BCUT2D eigenvalue weighted by Crippen LogP contribution is -2.55. The minimum Gasteiger partial charge on any atom is -0.467 e. The SMILES string of the molecule is COC(=O)[C@@]12C[C@H]1C=CCCCCC[C@H](Nc1cc(F)cc(F)c1)C(=O)N1C[C@H](Oc3nc4ccccc4s3)C[C@H]1C(=O)N2. The lowest BCUT2D eigenvalue weighted by molar-refractivity contribution is -0.148. The molecule has 9 nitrogen and oxygen atoms in total. The molecule has 2 amide bonds. The van der Waals surface area contributed by atoms with Crippen LogP contribution in [0.4, 0.5) is 14.5 Å². The first-order chi connectivity index (χ1) is 21.3. The highest BCUT2D eigenvalue weighted by Gasteiger charge is 2.62. The monoisotopic (exact) mass is 624 g/mol. The molecule has 5 atom stereocenters. The molecule has 2 aliphatic heterocycles. The van der Waals surface area contributed by atoms with Crippen molar-refractivity contribution in [2.75, 3.05) is 19.0 Å². The number of hydrogen-bond donors (Lipinski definition) is 2. The zero-order chi connectivity index (χ0) is 30.8. The molecule has 2 fully saturated rings. The summed E-state index contributed by atoms with van der Waals surface area (Å²) in [5, 5.41) is 6.37. The van der Waals surface area contributed by atoms with E-state index in [2.05, 4.69) is 15.6 Å². The number of thiazole rings is 1. The highest BCUT2D eigenvalue weighted by molar-refractivity contribution is 7.20. The number of fused-ring (bicyclic) bond motifs is 3. The fraction of sp³-hybridized carbons (Fsp3) is 0.438. The Morgan fingerprint density at radius 1 is 1.14 bits per heavy atom. The Hall–Kier alpha value is -4.06. The molecule has 3 heterocycles. The van der Waals surface area contributed by atoms with Crippen LogP contribution in [-0.2, 0) is 19.1 Å². The summed E-state index contributed by atoms with van der Waals surface area (Å²) in [5.74, 6) is -3.15. The summed E-state index contributed by atoms with van der Waals surface area (Å²) < 4.78 is 40.3. The highest BCUT2D eigenvalue weighted by Crippen LogP contribution is 2.46. The van der Waals surface area contributed by atoms with Crippen LogP contribution < -0.4 is 15.4 Å². The van der Waals surface area contributed by atoms with Gasteiger partial charge in [0.2, 0.25) is 11.8 Å². The van der Waals surface area contributed by atoms with E-state index in [9.17, 15) is 23.2 Å². The molecule has 1 aliphatic carbocycles. The number of halogens is 2. The van der Waals surface area contributed by atoms with E-state index >= 15 is 0 Å². The lowest BCUT2D eigenvalue weighted by Gasteiger charge is -2.30. The molecular weight excluding hydrogens is 590 g/mol. The predicted octanol–water partition coefficient (Wildman–Crippen LogP) is 4.97. The highest BCUT2D eigenvalue weighted by atomic mass is 32.1. The zero-order valence-corrected chi connectivity index (χ0v) is 25.1. The number of esters is 1. The number of carbonyl (C=O) groups excluding carboxylic acids is 3. The van der Waals surface area contributed by atoms with Crippen molar-refractivity contribution in [3.63, 3.8) is 0 Å². The minimum absolute atomic E-state index is 0.0943. The second kappa shape index (κ2) is 12.5. The van der Waals surface area contributed by atoms with E-state index in [1.165, 1.54) is 23.3 Å². The van der Waals surface area contributed by atoms with Crippen LogP contribution in [-0.4, -0.2) is 65.0 Å². The topological polar surface area (TPSA) is 110 Å². The number of hydrogen-bond acceptors (Lipinski definition) is 8. The maximum absolute atomic E-state index is 14.2. The van der Waals surface area contributed by atoms with Gasteiger partial charge in [-0.3, -0.25) is 9.59 Å². The number of ether oxygens (including phenoxy) is 2. The number of aromatic nitrogens is 1. The molecule has 1 aromatic heterocycles. The molecular formula is C32H34F2N4O5S. The van der Waals surface area contributed by atoms with E-state index in [1.54, 1.807) is 0 Å². The maximum Gasteiger partial charge on any atom is 0.332 e. The number of benzene rings is 2. The van der Waals surface area contributed by atoms with Gasteiger partial charge in [0.05, 0.1) is 23.9 Å². The molecule has 232 valence electrons. The van der Waals surface area contributed by atoms with Gasteiger partial charge < -0.3 is 25.0 Å². The van der Waals surface area contributed by atoms with Crippen molar-refractivity contribution >= 4 is 45.0 Å². The molecule has 3 aliphatic rings. The number of allylic oxidation sites excluding steroid dienone is 1. The number of amides is 2. The van der Waals surface area contributed by atoms with Crippen LogP contribution in [0.3, 0.4) is 0 Å². The Morgan fingerprint density at radius 2 is 1.93 bits per heavy atom. The molecule has 0 spiro atoms. The minimum atomic E-state index is -1.19. The third-order valence-corrected chi connectivity index (χ3v) is 9.46. The van der Waals surface area contributed by atoms with Crippen LogP contribution in [0.1, 0.15) is 44.9 Å². The van der Waals surface area contributed by atoms with Crippen LogP contribution >= 0.6 is 11.3 Å². The van der Waals surface area contributed by atoms with Gasteiger partial charge in [-0.05, 0) is 49.9 Å². The summed E-state index contributed by atoms with van der Waals surface area (Å²) in [6.45, 7) is 0.0943. The summed E-state index contributed by atoms with van der Waals surface area (Å²) in [5.41, 5.74) is -0.275. The Kier molecular flexibility index (Phi) is 8.53. The van der Waals surface area contributed by atoms with E-state index in [0.29, 0.717) is 24.5 Å². The first-order valence-corrected chi connectivity index (χ1v) is 15.7. The maximum atomic E-state index is 14.2. The van der Waals surface area contributed by atoms with Gasteiger partial charge in [-0.1, -0.05) is 48.5 Å². The van der Waals surface area contributed by atoms with E-state index < -0.39 is 53.1 Å². The van der Waals surface area contributed by atoms with Crippen molar-refractivity contribution in [1.29, 1.82) is 0 Å². The molecule has 12 heteroatoms. The summed E-state index contributed by atoms with van der Waals surface area (Å²) >= 11 is 1.37. The Morgan fingerprint density at radius 3 is 2.70 bits per heavy atom. The van der Waals surface area contributed by atoms with Gasteiger partial charge in [0.25, 0.3) is 5.19 Å². The van der Waals surface area contributed by atoms with Gasteiger partial charge in [0.15, 0.2) is 0 Å². The Bertz CT molecular complexity index is 1540. The van der Waals surface area contributed by atoms with Gasteiger partial charge in [0.1, 0.15) is 35.4 Å². The molecule has 1 saturated heterocycles. The number of methoxy groups -OCH3 is 1. The average molecular weight is 625 g/mol. The quantitative estimate of drug-likeness (QED) is 0.305. The predicted molar refractivity (Wildman–Crippen MR) is 161 cm³/mol. The summed E-state index contributed by atoms with van der Waals surface area (Å²) in [6, 6.07) is 8.85. The molecule has 2 N–H and O–H groups in total. The summed E-state index contributed by atoms with van der Waals surface area (Å²) in [4.78, 5) is 47.0. The van der Waals surface area contributed by atoms with Gasteiger partial charge in [-0.2, -0.15) is 0 Å². The normalized spacial score (nSPS) is 27.5. The molecule has 0 unspecified atom stereocenters. The van der Waals surface area contributed by atoms with Crippen molar-refractivity contribution in [3.05, 3.63) is 66.3 Å². The lowest BCUT2D eigenvalue weighted by atomic mass is 10.0. The molecule has 0 radical (unpaired) electrons. The number of anilines is 1. The first-order valence-electron chi connectivity index (χ1n) is 14.9. The second-order valence-electron chi connectivity index (χ2n) is 11.6. The third-order valence-electron chi connectivity index (χ3n) is 8.53. The number of nitrogens with one attached hydrogen (secondary N) is 2. The van der Waals surface area contributed by atoms with E-state index in [-0.39, 0.29) is 24.6 Å². The molecule has 3 aromatic rings. The number of para-hydroxylation sites is 1.